The van der Waals surface area contributed by atoms with Crippen LogP contribution in [0.2, 0.25) is 0 Å². The molecule has 5 heteroatoms. The summed E-state index contributed by atoms with van der Waals surface area (Å²) in [6, 6.07) is 0. The summed E-state index contributed by atoms with van der Waals surface area (Å²) in [6.07, 6.45) is 2.61. The Morgan fingerprint density at radius 1 is 1.24 bits per heavy atom. The van der Waals surface area contributed by atoms with Crippen molar-refractivity contribution >= 4 is 9.84 Å². The Bertz CT molecular complexity index is 265. The fraction of sp³-hybridized carbons (Fsp3) is 1.00. The molecule has 17 heavy (non-hydrogen) atoms. The molecule has 4 nitrogen and oxygen atoms in total. The second-order valence-corrected chi connectivity index (χ2v) is 6.82. The molecule has 0 saturated carbocycles. The molecule has 1 atom stereocenters. The van der Waals surface area contributed by atoms with Crippen LogP contribution in [0.1, 0.15) is 40.0 Å². The molecular weight excluding hydrogens is 238 g/mol. The zero-order valence-electron chi connectivity index (χ0n) is 11.4. The molecule has 0 radical (unpaired) electrons. The van der Waals surface area contributed by atoms with Crippen molar-refractivity contribution in [3.63, 3.8) is 0 Å². The molecule has 0 heterocycles. The van der Waals surface area contributed by atoms with Crippen LogP contribution >= 0.6 is 0 Å². The van der Waals surface area contributed by atoms with E-state index in [2.05, 4.69) is 5.32 Å². The molecule has 0 saturated heterocycles. The lowest BCUT2D eigenvalue weighted by Crippen LogP contribution is -2.33. The Balaban J connectivity index is 3.66. The Hall–Kier alpha value is -0.130. The van der Waals surface area contributed by atoms with Crippen LogP contribution in [0.15, 0.2) is 0 Å². The van der Waals surface area contributed by atoms with Gasteiger partial charge in [0.25, 0.3) is 0 Å². The largest absolute Gasteiger partial charge is 0.382 e. The zero-order valence-corrected chi connectivity index (χ0v) is 12.2. The summed E-state index contributed by atoms with van der Waals surface area (Å²) in [4.78, 5) is 0. The van der Waals surface area contributed by atoms with Crippen LogP contribution in [0.3, 0.4) is 0 Å². The van der Waals surface area contributed by atoms with E-state index in [0.29, 0.717) is 12.3 Å². The molecule has 0 aromatic heterocycles. The highest BCUT2D eigenvalue weighted by Crippen LogP contribution is 2.04. The van der Waals surface area contributed by atoms with E-state index < -0.39 is 9.84 Å². The van der Waals surface area contributed by atoms with Crippen LogP contribution in [-0.4, -0.2) is 45.7 Å². The first-order valence-corrected chi connectivity index (χ1v) is 8.26. The van der Waals surface area contributed by atoms with Crippen molar-refractivity contribution in [3.8, 4) is 0 Å². The zero-order chi connectivity index (χ0) is 13.1. The second-order valence-electron chi connectivity index (χ2n) is 4.29. The normalized spacial score (nSPS) is 13.8. The van der Waals surface area contributed by atoms with Crippen LogP contribution in [-0.2, 0) is 14.6 Å². The van der Waals surface area contributed by atoms with Crippen molar-refractivity contribution in [2.45, 2.75) is 45.3 Å². The monoisotopic (exact) mass is 265 g/mol. The lowest BCUT2D eigenvalue weighted by molar-refractivity contribution is 0.145. The minimum atomic E-state index is -2.91. The van der Waals surface area contributed by atoms with Gasteiger partial charge in [0.15, 0.2) is 9.84 Å². The van der Waals surface area contributed by atoms with Crippen molar-refractivity contribution in [3.05, 3.63) is 0 Å². The summed E-state index contributed by atoms with van der Waals surface area (Å²) in [6.45, 7) is 8.58. The summed E-state index contributed by atoms with van der Waals surface area (Å²) in [5, 5.41) is 2.88. The van der Waals surface area contributed by atoms with Crippen molar-refractivity contribution in [1.82, 2.24) is 5.32 Å². The van der Waals surface area contributed by atoms with E-state index in [1.165, 1.54) is 0 Å². The standard InChI is InChI=1S/C12H27NO3S/c1-4-6-10-17(14,15)12(3)11-13-8-7-9-16-5-2/h12-13H,4-11H2,1-3H3. The Kier molecular flexibility index (Phi) is 9.78. The summed E-state index contributed by atoms with van der Waals surface area (Å²) < 4.78 is 28.8. The third-order valence-electron chi connectivity index (χ3n) is 2.67. The van der Waals surface area contributed by atoms with E-state index >= 15 is 0 Å². The Labute approximate surface area is 106 Å². The van der Waals surface area contributed by atoms with Crippen LogP contribution in [0.4, 0.5) is 0 Å². The maximum atomic E-state index is 11.8. The van der Waals surface area contributed by atoms with Gasteiger partial charge in [-0.15, -0.1) is 0 Å². The average molecular weight is 265 g/mol. The van der Waals surface area contributed by atoms with Crippen molar-refractivity contribution < 1.29 is 13.2 Å². The molecule has 0 rings (SSSR count). The molecule has 0 bridgehead atoms. The molecule has 0 aliphatic carbocycles. The minimum absolute atomic E-state index is 0.291. The van der Waals surface area contributed by atoms with Gasteiger partial charge in [0, 0.05) is 19.8 Å². The molecule has 1 N–H and O–H groups in total. The van der Waals surface area contributed by atoms with E-state index in [1.54, 1.807) is 6.92 Å². The van der Waals surface area contributed by atoms with Gasteiger partial charge in [-0.2, -0.15) is 0 Å². The number of hydrogen-bond donors (Lipinski definition) is 1. The van der Waals surface area contributed by atoms with E-state index in [-0.39, 0.29) is 5.25 Å². The van der Waals surface area contributed by atoms with Crippen molar-refractivity contribution in [1.29, 1.82) is 0 Å². The number of nitrogens with one attached hydrogen (secondary N) is 1. The highest BCUT2D eigenvalue weighted by molar-refractivity contribution is 7.92. The van der Waals surface area contributed by atoms with Gasteiger partial charge in [-0.25, -0.2) is 8.42 Å². The van der Waals surface area contributed by atoms with Gasteiger partial charge >= 0.3 is 0 Å². The van der Waals surface area contributed by atoms with Gasteiger partial charge in [-0.1, -0.05) is 13.3 Å². The summed E-state index contributed by atoms with van der Waals surface area (Å²) in [7, 11) is -2.91. The van der Waals surface area contributed by atoms with Crippen molar-refractivity contribution in [2.24, 2.45) is 0 Å². The van der Waals surface area contributed by atoms with Crippen LogP contribution in [0.5, 0.6) is 0 Å². The minimum Gasteiger partial charge on any atom is -0.382 e. The lowest BCUT2D eigenvalue weighted by Gasteiger charge is -2.13. The molecule has 1 unspecified atom stereocenters. The molecule has 0 fully saturated rings. The average Bonchev–Trinajstić information content (AvgIpc) is 2.30. The summed E-state index contributed by atoms with van der Waals surface area (Å²) in [5.74, 6) is 0.311. The highest BCUT2D eigenvalue weighted by Gasteiger charge is 2.19. The molecular formula is C12H27NO3S. The smallest absolute Gasteiger partial charge is 0.154 e. The maximum absolute atomic E-state index is 11.8. The van der Waals surface area contributed by atoms with E-state index in [0.717, 1.165) is 39.0 Å². The van der Waals surface area contributed by atoms with Crippen LogP contribution in [0.25, 0.3) is 0 Å². The van der Waals surface area contributed by atoms with Gasteiger partial charge in [0.05, 0.1) is 11.0 Å². The Morgan fingerprint density at radius 3 is 2.53 bits per heavy atom. The maximum Gasteiger partial charge on any atom is 0.154 e. The topological polar surface area (TPSA) is 55.4 Å². The number of sulfone groups is 1. The SMILES string of the molecule is CCCCS(=O)(=O)C(C)CNCCCOCC. The molecule has 104 valence electrons. The lowest BCUT2D eigenvalue weighted by atomic mass is 10.4. The van der Waals surface area contributed by atoms with Gasteiger partial charge < -0.3 is 10.1 Å². The number of hydrogen-bond acceptors (Lipinski definition) is 4. The third kappa shape index (κ3) is 8.57. The molecule has 0 aromatic rings. The second kappa shape index (κ2) is 9.85. The first-order valence-electron chi connectivity index (χ1n) is 6.54. The molecule has 0 aliphatic heterocycles. The van der Waals surface area contributed by atoms with Gasteiger partial charge in [-0.05, 0) is 33.2 Å². The van der Waals surface area contributed by atoms with E-state index in [1.807, 2.05) is 13.8 Å². The molecule has 0 aliphatic rings. The van der Waals surface area contributed by atoms with Crippen LogP contribution < -0.4 is 5.32 Å². The van der Waals surface area contributed by atoms with E-state index in [4.69, 9.17) is 4.74 Å². The number of unbranched alkanes of at least 4 members (excludes halogenated alkanes) is 1. The van der Waals surface area contributed by atoms with Crippen LogP contribution in [0, 0.1) is 0 Å². The first-order chi connectivity index (χ1) is 8.04. The fourth-order valence-electron chi connectivity index (χ4n) is 1.42. The van der Waals surface area contributed by atoms with Gasteiger partial charge in [0.1, 0.15) is 0 Å². The highest BCUT2D eigenvalue weighted by atomic mass is 32.2. The van der Waals surface area contributed by atoms with Gasteiger partial charge in [-0.3, -0.25) is 0 Å². The molecule has 0 aromatic carbocycles. The number of ether oxygens (including phenoxy) is 1. The molecule has 0 amide bonds. The predicted molar refractivity (Wildman–Crippen MR) is 72.1 cm³/mol. The van der Waals surface area contributed by atoms with Crippen molar-refractivity contribution in [2.75, 3.05) is 32.1 Å². The summed E-state index contributed by atoms with van der Waals surface area (Å²) >= 11 is 0. The Morgan fingerprint density at radius 2 is 1.94 bits per heavy atom. The first kappa shape index (κ1) is 16.9. The predicted octanol–water partition coefficient (Wildman–Crippen LogP) is 1.61. The third-order valence-corrected chi connectivity index (χ3v) is 4.92. The number of rotatable bonds is 11. The summed E-state index contributed by atoms with van der Waals surface area (Å²) in [5.41, 5.74) is 0. The molecule has 0 spiro atoms. The fourth-order valence-corrected chi connectivity index (χ4v) is 2.89. The quantitative estimate of drug-likeness (QED) is 0.577. The van der Waals surface area contributed by atoms with Gasteiger partial charge in [0.2, 0.25) is 0 Å². The van der Waals surface area contributed by atoms with E-state index in [9.17, 15) is 8.42 Å².